The van der Waals surface area contributed by atoms with E-state index in [4.69, 9.17) is 14.6 Å². The smallest absolute Gasteiger partial charge is 0.418 e. The molecule has 1 aliphatic heterocycles. The fraction of sp³-hybridized carbons (Fsp3) is 0.263. The first kappa shape index (κ1) is 21.7. The number of ether oxygens (including phenoxy) is 2. The summed E-state index contributed by atoms with van der Waals surface area (Å²) in [5.74, 6) is -3.85. The highest BCUT2D eigenvalue weighted by atomic mass is 19.4. The fourth-order valence-corrected chi connectivity index (χ4v) is 2.97. The summed E-state index contributed by atoms with van der Waals surface area (Å²) in [6.07, 6.45) is -2.95. The first-order chi connectivity index (χ1) is 15.1. The Labute approximate surface area is 175 Å². The van der Waals surface area contributed by atoms with Crippen molar-refractivity contribution in [2.75, 3.05) is 25.1 Å². The number of aliphatic imine (C=N–C) groups is 1. The van der Waals surface area contributed by atoms with Crippen molar-refractivity contribution in [3.8, 4) is 11.5 Å². The van der Waals surface area contributed by atoms with Gasteiger partial charge in [-0.3, -0.25) is 0 Å². The molecule has 0 saturated carbocycles. The molecule has 0 saturated heterocycles. The molecular weight excluding hydrogens is 446 g/mol. The van der Waals surface area contributed by atoms with E-state index in [1.165, 1.54) is 0 Å². The molecule has 0 radical (unpaired) electrons. The Morgan fingerprint density at radius 3 is 2.56 bits per heavy atom. The van der Waals surface area contributed by atoms with E-state index in [0.717, 1.165) is 24.4 Å². The molecular formula is C19H14F6N4O3. The van der Waals surface area contributed by atoms with Gasteiger partial charge in [0.15, 0.2) is 23.1 Å². The lowest BCUT2D eigenvalue weighted by Crippen LogP contribution is -2.43. The topological polar surface area (TPSA) is 91.8 Å². The van der Waals surface area contributed by atoms with Gasteiger partial charge in [-0.15, -0.1) is 0 Å². The van der Waals surface area contributed by atoms with Crippen LogP contribution in [0.25, 0.3) is 11.0 Å². The first-order valence-corrected chi connectivity index (χ1v) is 9.04. The van der Waals surface area contributed by atoms with Crippen LogP contribution in [0.2, 0.25) is 0 Å². The summed E-state index contributed by atoms with van der Waals surface area (Å²) in [4.78, 5) is 9.81. The number of benzene rings is 1. The molecule has 0 amide bonds. The van der Waals surface area contributed by atoms with Crippen LogP contribution in [0.4, 0.5) is 32.0 Å². The lowest BCUT2D eigenvalue weighted by atomic mass is 10.1. The van der Waals surface area contributed by atoms with Crippen molar-refractivity contribution < 1.29 is 40.9 Å². The van der Waals surface area contributed by atoms with Crippen molar-refractivity contribution in [3.63, 3.8) is 0 Å². The molecule has 32 heavy (non-hydrogen) atoms. The Morgan fingerprint density at radius 2 is 1.97 bits per heavy atom. The van der Waals surface area contributed by atoms with Crippen molar-refractivity contribution in [1.82, 2.24) is 9.97 Å². The minimum Gasteiger partial charge on any atom is -0.461 e. The largest absolute Gasteiger partial charge is 0.461 e. The number of anilines is 1. The lowest BCUT2D eigenvalue weighted by Gasteiger charge is -2.26. The van der Waals surface area contributed by atoms with Crippen LogP contribution in [-0.2, 0) is 10.9 Å². The number of rotatable bonds is 4. The zero-order valence-corrected chi connectivity index (χ0v) is 15.9. The van der Waals surface area contributed by atoms with Crippen LogP contribution in [0, 0.1) is 11.6 Å². The second-order valence-corrected chi connectivity index (χ2v) is 6.95. The van der Waals surface area contributed by atoms with Gasteiger partial charge < -0.3 is 24.9 Å². The van der Waals surface area contributed by atoms with Gasteiger partial charge in [0.2, 0.25) is 0 Å². The number of amidine groups is 1. The van der Waals surface area contributed by atoms with Gasteiger partial charge in [-0.1, -0.05) is 0 Å². The molecule has 3 aromatic rings. The zero-order chi connectivity index (χ0) is 23.1. The number of aliphatic hydroxyl groups is 1. The van der Waals surface area contributed by atoms with Crippen LogP contribution in [0.3, 0.4) is 0 Å². The average Bonchev–Trinajstić information content (AvgIpc) is 3.18. The number of hydrogen-bond acceptors (Lipinski definition) is 6. The fourth-order valence-electron chi connectivity index (χ4n) is 2.97. The highest BCUT2D eigenvalue weighted by molar-refractivity contribution is 5.90. The second kappa shape index (κ2) is 7.89. The highest BCUT2D eigenvalue weighted by Crippen LogP contribution is 2.40. The van der Waals surface area contributed by atoms with Gasteiger partial charge in [0.25, 0.3) is 6.02 Å². The van der Waals surface area contributed by atoms with E-state index >= 15 is 0 Å². The van der Waals surface area contributed by atoms with Crippen LogP contribution < -0.4 is 10.1 Å². The molecule has 0 fully saturated rings. The number of nitrogens with zero attached hydrogens (tertiary/aromatic N) is 2. The molecule has 13 heteroatoms. The average molecular weight is 460 g/mol. The summed E-state index contributed by atoms with van der Waals surface area (Å²) in [6, 6.07) is 2.42. The van der Waals surface area contributed by atoms with Gasteiger partial charge in [0.1, 0.15) is 18.0 Å². The molecule has 0 aliphatic carbocycles. The molecule has 170 valence electrons. The van der Waals surface area contributed by atoms with Crippen molar-refractivity contribution in [3.05, 3.63) is 47.8 Å². The third kappa shape index (κ3) is 4.15. The number of alkyl halides is 4. The summed E-state index contributed by atoms with van der Waals surface area (Å²) < 4.78 is 92.9. The molecule has 0 bridgehead atoms. The van der Waals surface area contributed by atoms with Gasteiger partial charge in [-0.2, -0.15) is 13.2 Å². The number of aliphatic hydroxyl groups excluding tert-OH is 1. The summed E-state index contributed by atoms with van der Waals surface area (Å²) >= 11 is 0. The minimum absolute atomic E-state index is 0.168. The minimum atomic E-state index is -4.75. The zero-order valence-electron chi connectivity index (χ0n) is 15.9. The molecule has 1 atom stereocenters. The standard InChI is InChI=1S/C19H14F6N4O3/c20-11-3-9(29-17-28-6-18(22,7-30)8-31-17)4-12(21)15(11)32-13-1-2-26-16-14(13)10(5-27-16)19(23,24)25/h1-5,30H,6-8H2,(H,26,27)(H,28,29)/t18-/m0/s1. The van der Waals surface area contributed by atoms with E-state index in [1.807, 2.05) is 0 Å². The Hall–Kier alpha value is -3.48. The van der Waals surface area contributed by atoms with E-state index in [0.29, 0.717) is 6.20 Å². The van der Waals surface area contributed by atoms with Gasteiger partial charge in [-0.05, 0) is 6.07 Å². The third-order valence-electron chi connectivity index (χ3n) is 4.56. The SMILES string of the molecule is OC[C@@]1(F)CN=C(Nc2cc(F)c(Oc3ccnc4[nH]cc(C(F)(F)F)c34)c(F)c2)OC1. The number of H-pyrrole nitrogens is 1. The van der Waals surface area contributed by atoms with Crippen LogP contribution in [0.1, 0.15) is 5.56 Å². The van der Waals surface area contributed by atoms with E-state index in [1.54, 1.807) is 0 Å². The first-order valence-electron chi connectivity index (χ1n) is 9.04. The van der Waals surface area contributed by atoms with Gasteiger partial charge in [-0.25, -0.2) is 23.1 Å². The van der Waals surface area contributed by atoms with Crippen molar-refractivity contribution in [2.45, 2.75) is 11.8 Å². The number of nitrogens with one attached hydrogen (secondary N) is 2. The lowest BCUT2D eigenvalue weighted by molar-refractivity contribution is -0.136. The van der Waals surface area contributed by atoms with Gasteiger partial charge in [0, 0.05) is 30.2 Å². The Kier molecular flexibility index (Phi) is 5.36. The van der Waals surface area contributed by atoms with Crippen LogP contribution in [0.15, 0.2) is 35.6 Å². The number of pyridine rings is 1. The predicted octanol–water partition coefficient (Wildman–Crippen LogP) is 4.15. The summed E-state index contributed by atoms with van der Waals surface area (Å²) in [5, 5.41) is 10.9. The van der Waals surface area contributed by atoms with Crippen LogP contribution >= 0.6 is 0 Å². The van der Waals surface area contributed by atoms with Gasteiger partial charge in [0.05, 0.1) is 24.1 Å². The van der Waals surface area contributed by atoms with Gasteiger partial charge >= 0.3 is 6.18 Å². The van der Waals surface area contributed by atoms with E-state index in [-0.39, 0.29) is 17.4 Å². The maximum Gasteiger partial charge on any atom is 0.418 e. The van der Waals surface area contributed by atoms with E-state index in [2.05, 4.69) is 20.3 Å². The molecule has 1 aliphatic rings. The normalized spacial score (nSPS) is 18.9. The predicted molar refractivity (Wildman–Crippen MR) is 100 cm³/mol. The number of hydrogen-bond donors (Lipinski definition) is 3. The van der Waals surface area contributed by atoms with Crippen molar-refractivity contribution in [2.24, 2.45) is 4.99 Å². The summed E-state index contributed by atoms with van der Waals surface area (Å²) in [5.41, 5.74) is -3.50. The van der Waals surface area contributed by atoms with Crippen LogP contribution in [-0.4, -0.2) is 46.5 Å². The number of aromatic nitrogens is 2. The summed E-state index contributed by atoms with van der Waals surface area (Å²) in [6.45, 7) is -1.75. The van der Waals surface area contributed by atoms with Crippen molar-refractivity contribution in [1.29, 1.82) is 0 Å². The maximum atomic E-state index is 14.6. The molecule has 3 heterocycles. The number of aromatic amines is 1. The Morgan fingerprint density at radius 1 is 1.25 bits per heavy atom. The maximum absolute atomic E-state index is 14.6. The molecule has 3 N–H and O–H groups in total. The molecule has 1 aromatic carbocycles. The molecule has 0 spiro atoms. The summed E-state index contributed by atoms with van der Waals surface area (Å²) in [7, 11) is 0. The van der Waals surface area contributed by atoms with E-state index in [9.17, 15) is 26.3 Å². The molecule has 7 nitrogen and oxygen atoms in total. The highest BCUT2D eigenvalue weighted by Gasteiger charge is 2.36. The van der Waals surface area contributed by atoms with Crippen LogP contribution in [0.5, 0.6) is 11.5 Å². The third-order valence-corrected chi connectivity index (χ3v) is 4.56. The van der Waals surface area contributed by atoms with E-state index < -0.39 is 65.7 Å². The molecule has 0 unspecified atom stereocenters. The second-order valence-electron chi connectivity index (χ2n) is 6.95. The monoisotopic (exact) mass is 460 g/mol. The molecule has 4 rings (SSSR count). The number of halogens is 6. The Balaban J connectivity index is 1.61. The molecule has 2 aromatic heterocycles. The Bertz CT molecular complexity index is 1170. The quantitative estimate of drug-likeness (QED) is 0.509. The number of fused-ring (bicyclic) bond motifs is 1. The van der Waals surface area contributed by atoms with Crippen molar-refractivity contribution >= 4 is 22.7 Å².